The van der Waals surface area contributed by atoms with E-state index in [9.17, 15) is 0 Å². The third kappa shape index (κ3) is 29.4. The van der Waals surface area contributed by atoms with Gasteiger partial charge >= 0.3 is 0 Å². The van der Waals surface area contributed by atoms with Gasteiger partial charge in [-0.2, -0.15) is 0 Å². The Bertz CT molecular complexity index is 3370. The molecule has 0 radical (unpaired) electrons. The maximum absolute atomic E-state index is 6.08. The standard InChI is InChI=1S/C25H39N.C24H33NO2.C23H30ClNO.C23H37NO2/c1-20(2)19-25(14-13-22-11-9-21(3)10-12-22)26-17-15-24(16-18-26)23-7-5-4-6-8-23;1-24(2,21-9-11-22(26-3)12-10-21)17-23(20-7-5-4-6-8-20)25-18-19-13-15-27-16-14-19;1-23(2,20-8-10-21(24)11-9-20)16-22(19-6-4-3-5-7-19)25-17-18-12-14-26-15-13-18;1-18(2)15-21(24(5)17-19-11-13-26-14-12-19)16-23(3,4)20-7-9-22(25-6)10-8-20/h9-12,19,23-25H,4-8,13-18H2,1-3H3;4-12,19,23,25H,13-18H2,1-3H3;3-11,18,22,25H,12-17H2,1-2H3;7-10,15,19,21H,11-14,16-17H2,1-6H3. The summed E-state index contributed by atoms with van der Waals surface area (Å²) in [7, 11) is 5.71. The molecule has 2 N–H and O–H groups in total. The summed E-state index contributed by atoms with van der Waals surface area (Å²) < 4.78 is 27.2. The summed E-state index contributed by atoms with van der Waals surface area (Å²) in [5.74, 6) is 6.07. The van der Waals surface area contributed by atoms with Gasteiger partial charge in [-0.15, -0.1) is 0 Å². The largest absolute Gasteiger partial charge is 0.497 e. The van der Waals surface area contributed by atoms with Gasteiger partial charge in [-0.3, -0.25) is 9.80 Å². The van der Waals surface area contributed by atoms with Crippen LogP contribution < -0.4 is 20.1 Å². The van der Waals surface area contributed by atoms with Crippen LogP contribution in [0.5, 0.6) is 11.5 Å². The SMILES string of the molecule is CC(C)(CC(NCC1CCOCC1)c1ccccc1)c1ccc(Cl)cc1.CC(C)=CC(CCc1ccc(C)cc1)N1CCC(C2CCCCC2)CC1.COc1ccc(C(C)(C)CC(C=C(C)C)N(C)CC2CCOCC2)cc1.COc1ccc(C(C)(C)CC(NCC2CCOCC2)c2ccccc2)cc1. The van der Waals surface area contributed by atoms with Crippen molar-refractivity contribution in [2.24, 2.45) is 29.6 Å². The number of aryl methyl sites for hydroxylation is 2. The van der Waals surface area contributed by atoms with Crippen molar-refractivity contribution in [2.45, 2.75) is 232 Å². The highest BCUT2D eigenvalue weighted by molar-refractivity contribution is 6.30. The van der Waals surface area contributed by atoms with E-state index in [1.807, 2.05) is 12.1 Å². The lowest BCUT2D eigenvalue weighted by molar-refractivity contribution is 0.0513. The van der Waals surface area contributed by atoms with Crippen molar-refractivity contribution in [3.8, 4) is 11.5 Å². The van der Waals surface area contributed by atoms with Gasteiger partial charge in [0.15, 0.2) is 0 Å². The number of nitrogens with zero attached hydrogens (tertiary/aromatic N) is 2. The minimum absolute atomic E-state index is 0.0633. The van der Waals surface area contributed by atoms with E-state index in [0.29, 0.717) is 36.0 Å². The second-order valence-electron chi connectivity index (χ2n) is 34.0. The van der Waals surface area contributed by atoms with Crippen LogP contribution in [0.2, 0.25) is 5.02 Å². The summed E-state index contributed by atoms with van der Waals surface area (Å²) >= 11 is 6.08. The lowest BCUT2D eigenvalue weighted by Gasteiger charge is -2.40. The Labute approximate surface area is 643 Å². The quantitative estimate of drug-likeness (QED) is 0.0447. The second-order valence-corrected chi connectivity index (χ2v) is 34.4. The van der Waals surface area contributed by atoms with Gasteiger partial charge in [0.25, 0.3) is 0 Å². The lowest BCUT2D eigenvalue weighted by atomic mass is 9.75. The Morgan fingerprint density at radius 1 is 0.495 bits per heavy atom. The minimum atomic E-state index is 0.0633. The zero-order valence-corrected chi connectivity index (χ0v) is 68.4. The van der Waals surface area contributed by atoms with Gasteiger partial charge in [0.1, 0.15) is 11.5 Å². The van der Waals surface area contributed by atoms with Crippen LogP contribution in [-0.2, 0) is 36.9 Å². The molecule has 4 aliphatic heterocycles. The Balaban J connectivity index is 0.000000177. The van der Waals surface area contributed by atoms with Crippen molar-refractivity contribution in [2.75, 3.05) is 93.6 Å². The molecule has 1 saturated carbocycles. The lowest BCUT2D eigenvalue weighted by Crippen LogP contribution is -2.42. The average molecular weight is 1450 g/mol. The zero-order valence-electron chi connectivity index (χ0n) is 67.7. The van der Waals surface area contributed by atoms with E-state index in [4.69, 9.17) is 35.3 Å². The average Bonchev–Trinajstić information content (AvgIpc) is 0.840. The molecule has 4 heterocycles. The molecule has 1 aliphatic carbocycles. The van der Waals surface area contributed by atoms with Crippen molar-refractivity contribution >= 4 is 11.6 Å². The fraction of sp³-hybridized carbons (Fsp3) is 0.579. The van der Waals surface area contributed by atoms with Crippen molar-refractivity contribution < 1.29 is 23.7 Å². The predicted molar refractivity (Wildman–Crippen MR) is 445 cm³/mol. The van der Waals surface area contributed by atoms with E-state index in [2.05, 4.69) is 261 Å². The van der Waals surface area contributed by atoms with E-state index >= 15 is 0 Å². The maximum Gasteiger partial charge on any atom is 0.118 e. The third-order valence-electron chi connectivity index (χ3n) is 23.6. The summed E-state index contributed by atoms with van der Waals surface area (Å²) in [5, 5.41) is 8.53. The number of halogens is 1. The summed E-state index contributed by atoms with van der Waals surface area (Å²) in [6.07, 6.45) is 28.0. The first-order valence-electron chi connectivity index (χ1n) is 40.7. The summed E-state index contributed by atoms with van der Waals surface area (Å²) in [4.78, 5) is 5.33. The van der Waals surface area contributed by atoms with Crippen molar-refractivity contribution in [3.05, 3.63) is 225 Å². The van der Waals surface area contributed by atoms with Crippen LogP contribution in [0.3, 0.4) is 0 Å². The molecular formula is C95H139ClN4O5. The van der Waals surface area contributed by atoms with Gasteiger partial charge in [0, 0.05) is 75.4 Å². The number of benzene rings is 6. The molecule has 5 fully saturated rings. The molecule has 4 atom stereocenters. The molecular weight excluding hydrogens is 1310 g/mol. The molecule has 576 valence electrons. The van der Waals surface area contributed by atoms with Gasteiger partial charge in [-0.05, 0) is 267 Å². The highest BCUT2D eigenvalue weighted by Gasteiger charge is 2.33. The van der Waals surface area contributed by atoms with Gasteiger partial charge in [0.2, 0.25) is 0 Å². The molecule has 6 aromatic rings. The molecule has 105 heavy (non-hydrogen) atoms. The van der Waals surface area contributed by atoms with Crippen molar-refractivity contribution in [3.63, 3.8) is 0 Å². The smallest absolute Gasteiger partial charge is 0.118 e. The zero-order chi connectivity index (χ0) is 75.0. The van der Waals surface area contributed by atoms with E-state index in [1.54, 1.807) is 14.2 Å². The topological polar surface area (TPSA) is 76.7 Å². The van der Waals surface area contributed by atoms with Gasteiger partial charge in [-0.25, -0.2) is 0 Å². The number of likely N-dealkylation sites (tertiary alicyclic amines) is 1. The molecule has 10 heteroatoms. The summed E-state index contributed by atoms with van der Waals surface area (Å²) in [6, 6.07) is 57.9. The van der Waals surface area contributed by atoms with E-state index in [-0.39, 0.29) is 16.2 Å². The summed E-state index contributed by atoms with van der Waals surface area (Å²) in [6.45, 7) is 36.4. The molecule has 11 rings (SSSR count). The molecule has 0 spiro atoms. The number of rotatable bonds is 29. The molecule has 4 saturated heterocycles. The predicted octanol–water partition coefficient (Wildman–Crippen LogP) is 22.5. The molecule has 5 aliphatic rings. The molecule has 0 amide bonds. The highest BCUT2D eigenvalue weighted by Crippen LogP contribution is 2.40. The van der Waals surface area contributed by atoms with Crippen molar-refractivity contribution in [1.82, 2.24) is 20.4 Å². The molecule has 4 unspecified atom stereocenters. The first-order chi connectivity index (χ1) is 50.6. The van der Waals surface area contributed by atoms with Crippen LogP contribution in [0.4, 0.5) is 0 Å². The Morgan fingerprint density at radius 3 is 1.31 bits per heavy atom. The molecule has 0 aromatic heterocycles. The number of methoxy groups -OCH3 is 2. The first-order valence-corrected chi connectivity index (χ1v) is 41.1. The normalized spacial score (nSPS) is 18.2. The van der Waals surface area contributed by atoms with E-state index in [0.717, 1.165) is 138 Å². The van der Waals surface area contributed by atoms with Gasteiger partial charge in [0.05, 0.1) is 14.2 Å². The van der Waals surface area contributed by atoms with E-state index in [1.165, 1.54) is 134 Å². The Morgan fingerprint density at radius 2 is 0.895 bits per heavy atom. The number of hydrogen-bond donors (Lipinski definition) is 2. The van der Waals surface area contributed by atoms with Crippen LogP contribution in [0, 0.1) is 36.5 Å². The highest BCUT2D eigenvalue weighted by atomic mass is 35.5. The first kappa shape index (κ1) is 85.0. The third-order valence-corrected chi connectivity index (χ3v) is 23.9. The Hall–Kier alpha value is -5.59. The van der Waals surface area contributed by atoms with Crippen LogP contribution >= 0.6 is 11.6 Å². The van der Waals surface area contributed by atoms with Crippen molar-refractivity contribution in [1.29, 1.82) is 0 Å². The van der Waals surface area contributed by atoms with Gasteiger partial charge in [-0.1, -0.05) is 235 Å². The van der Waals surface area contributed by atoms with Crippen LogP contribution in [0.25, 0.3) is 0 Å². The number of nitrogens with one attached hydrogen (secondary N) is 2. The number of hydrogen-bond acceptors (Lipinski definition) is 9. The number of allylic oxidation sites excluding steroid dienone is 2. The number of ether oxygens (including phenoxy) is 5. The molecule has 9 nitrogen and oxygen atoms in total. The van der Waals surface area contributed by atoms with Crippen LogP contribution in [0.1, 0.15) is 229 Å². The van der Waals surface area contributed by atoms with Gasteiger partial charge < -0.3 is 34.3 Å². The Kier molecular flexibility index (Phi) is 35.8. The fourth-order valence-corrected chi connectivity index (χ4v) is 16.9. The number of likely N-dealkylation sites (N-methyl/N-ethyl adjacent to an activating group) is 1. The molecule has 0 bridgehead atoms. The second kappa shape index (κ2) is 44.2. The summed E-state index contributed by atoms with van der Waals surface area (Å²) in [5.41, 5.74) is 12.7. The van der Waals surface area contributed by atoms with Crippen LogP contribution in [0.15, 0.2) is 181 Å². The fourth-order valence-electron chi connectivity index (χ4n) is 16.7. The monoisotopic (exact) mass is 1450 g/mol. The minimum Gasteiger partial charge on any atom is -0.497 e. The molecule has 6 aromatic carbocycles. The van der Waals surface area contributed by atoms with E-state index < -0.39 is 0 Å². The maximum atomic E-state index is 6.08. The number of piperidine rings is 1. The van der Waals surface area contributed by atoms with Crippen LogP contribution in [-0.4, -0.2) is 116 Å².